The topological polar surface area (TPSA) is 114 Å². The number of amidine groups is 1. The molecule has 1 aliphatic heterocycles. The zero-order chi connectivity index (χ0) is 23.0. The maximum atomic E-state index is 15.1. The Hall–Kier alpha value is -3.34. The normalized spacial score (nSPS) is 20.7. The Kier molecular flexibility index (Phi) is 5.68. The molecule has 2 N–H and O–H groups in total. The molecule has 2 atom stereocenters. The van der Waals surface area contributed by atoms with Crippen LogP contribution in [0.1, 0.15) is 41.2 Å². The Balaban J connectivity index is 1.85. The van der Waals surface area contributed by atoms with E-state index in [-0.39, 0.29) is 21.5 Å². The highest BCUT2D eigenvalue weighted by Crippen LogP contribution is 2.49. The van der Waals surface area contributed by atoms with E-state index in [1.54, 1.807) is 20.8 Å². The summed E-state index contributed by atoms with van der Waals surface area (Å²) in [4.78, 5) is 23.6. The summed E-state index contributed by atoms with van der Waals surface area (Å²) in [6.07, 6.45) is 3.19. The molecule has 1 amide bonds. The van der Waals surface area contributed by atoms with Crippen LogP contribution in [0.2, 0.25) is 0 Å². The molecule has 32 heavy (non-hydrogen) atoms. The van der Waals surface area contributed by atoms with Crippen molar-refractivity contribution in [2.75, 3.05) is 0 Å². The van der Waals surface area contributed by atoms with Crippen LogP contribution in [-0.2, 0) is 5.54 Å². The zero-order valence-corrected chi connectivity index (χ0v) is 18.2. The zero-order valence-electron chi connectivity index (χ0n) is 17.4. The van der Waals surface area contributed by atoms with E-state index in [9.17, 15) is 14.3 Å². The van der Waals surface area contributed by atoms with Crippen molar-refractivity contribution in [1.29, 1.82) is 0 Å². The van der Waals surface area contributed by atoms with Crippen molar-refractivity contribution in [2.24, 2.45) is 4.99 Å². The Morgan fingerprint density at radius 1 is 1.25 bits per heavy atom. The minimum absolute atomic E-state index is 0.101. The standard InChI is InChI=1S/C21H19F2N5O3S/c1-10-18(11(2)31-28-10)17-6-21(3,27-19(32-17)26-20(29)30)14-4-13(15(22)5-16(14)23)12-7-24-9-25-8-12/h4-5,7-9,17H,6H2,1-3H3,(H,26,27)(H,29,30)/t17-,21-/m0/s1. The van der Waals surface area contributed by atoms with Gasteiger partial charge < -0.3 is 9.63 Å². The molecule has 8 nitrogen and oxygen atoms in total. The second-order valence-electron chi connectivity index (χ2n) is 7.61. The third kappa shape index (κ3) is 4.07. The number of nitrogens with one attached hydrogen (secondary N) is 1. The maximum Gasteiger partial charge on any atom is 0.410 e. The average Bonchev–Trinajstić information content (AvgIpc) is 3.05. The number of amides is 1. The fraction of sp³-hybridized carbons (Fsp3) is 0.286. The number of rotatable bonds is 3. The van der Waals surface area contributed by atoms with Crippen molar-refractivity contribution in [3.63, 3.8) is 0 Å². The molecule has 0 radical (unpaired) electrons. The van der Waals surface area contributed by atoms with Gasteiger partial charge in [-0.1, -0.05) is 16.9 Å². The lowest BCUT2D eigenvalue weighted by molar-refractivity contribution is 0.200. The number of halogens is 2. The van der Waals surface area contributed by atoms with Crippen molar-refractivity contribution >= 4 is 23.0 Å². The van der Waals surface area contributed by atoms with Gasteiger partial charge in [-0.25, -0.2) is 23.5 Å². The first-order chi connectivity index (χ1) is 15.2. The number of benzene rings is 1. The first kappa shape index (κ1) is 21.9. The van der Waals surface area contributed by atoms with Crippen molar-refractivity contribution in [1.82, 2.24) is 20.4 Å². The molecule has 0 bridgehead atoms. The van der Waals surface area contributed by atoms with Gasteiger partial charge in [0, 0.05) is 46.0 Å². The van der Waals surface area contributed by atoms with Gasteiger partial charge in [-0.15, -0.1) is 0 Å². The van der Waals surface area contributed by atoms with Crippen LogP contribution < -0.4 is 5.32 Å². The Morgan fingerprint density at radius 2 is 1.97 bits per heavy atom. The van der Waals surface area contributed by atoms with Crippen molar-refractivity contribution < 1.29 is 23.2 Å². The van der Waals surface area contributed by atoms with Gasteiger partial charge in [0.2, 0.25) is 0 Å². The number of nitrogens with zero attached hydrogens (tertiary/aromatic N) is 4. The molecule has 0 spiro atoms. The fourth-order valence-electron chi connectivity index (χ4n) is 3.88. The fourth-order valence-corrected chi connectivity index (χ4v) is 5.42. The minimum atomic E-state index is -1.29. The van der Waals surface area contributed by atoms with E-state index in [1.807, 2.05) is 0 Å². The third-order valence-electron chi connectivity index (χ3n) is 5.32. The van der Waals surface area contributed by atoms with Gasteiger partial charge in [0.15, 0.2) is 5.17 Å². The van der Waals surface area contributed by atoms with E-state index < -0.39 is 23.3 Å². The number of aliphatic imine (C=N–C) groups is 1. The molecule has 1 aliphatic rings. The summed E-state index contributed by atoms with van der Waals surface area (Å²) in [5, 5.41) is 15.3. The first-order valence-electron chi connectivity index (χ1n) is 9.62. The second-order valence-corrected chi connectivity index (χ2v) is 8.80. The highest BCUT2D eigenvalue weighted by Gasteiger charge is 2.40. The molecule has 166 valence electrons. The monoisotopic (exact) mass is 459 g/mol. The van der Waals surface area contributed by atoms with Crippen molar-refractivity contribution in [3.8, 4) is 11.1 Å². The number of carboxylic acid groups (broad SMARTS) is 1. The molecular formula is C21H19F2N5O3S. The molecular weight excluding hydrogens is 440 g/mol. The van der Waals surface area contributed by atoms with E-state index in [4.69, 9.17) is 4.52 Å². The van der Waals surface area contributed by atoms with Crippen LogP contribution in [0.5, 0.6) is 0 Å². The summed E-state index contributed by atoms with van der Waals surface area (Å²) in [5.74, 6) is -0.959. The molecule has 1 aromatic carbocycles. The molecule has 3 aromatic rings. The van der Waals surface area contributed by atoms with Gasteiger partial charge >= 0.3 is 6.09 Å². The Morgan fingerprint density at radius 3 is 2.59 bits per heavy atom. The van der Waals surface area contributed by atoms with E-state index in [0.29, 0.717) is 23.4 Å². The van der Waals surface area contributed by atoms with Gasteiger partial charge in [0.25, 0.3) is 0 Å². The molecule has 0 saturated carbocycles. The van der Waals surface area contributed by atoms with Crippen molar-refractivity contribution in [3.05, 3.63) is 65.1 Å². The predicted molar refractivity (Wildman–Crippen MR) is 114 cm³/mol. The van der Waals surface area contributed by atoms with Crippen LogP contribution in [0, 0.1) is 25.5 Å². The number of aryl methyl sites for hydroxylation is 2. The summed E-state index contributed by atoms with van der Waals surface area (Å²) in [6.45, 7) is 5.23. The molecule has 0 aliphatic carbocycles. The largest absolute Gasteiger partial charge is 0.465 e. The lowest BCUT2D eigenvalue weighted by Crippen LogP contribution is -2.36. The van der Waals surface area contributed by atoms with Crippen LogP contribution in [0.25, 0.3) is 11.1 Å². The summed E-state index contributed by atoms with van der Waals surface area (Å²) < 4.78 is 35.0. The highest BCUT2D eigenvalue weighted by atomic mass is 32.2. The minimum Gasteiger partial charge on any atom is -0.465 e. The molecule has 3 heterocycles. The average molecular weight is 459 g/mol. The summed E-state index contributed by atoms with van der Waals surface area (Å²) in [7, 11) is 0. The van der Waals surface area contributed by atoms with Crippen LogP contribution in [0.3, 0.4) is 0 Å². The third-order valence-corrected chi connectivity index (χ3v) is 6.42. The number of hydrogen-bond donors (Lipinski definition) is 2. The molecule has 2 aromatic heterocycles. The molecule has 0 fully saturated rings. The lowest BCUT2D eigenvalue weighted by Gasteiger charge is -2.35. The second kappa shape index (κ2) is 8.30. The molecule has 4 rings (SSSR count). The van der Waals surface area contributed by atoms with E-state index in [0.717, 1.165) is 11.6 Å². The lowest BCUT2D eigenvalue weighted by atomic mass is 9.84. The number of aromatic nitrogens is 3. The van der Waals surface area contributed by atoms with E-state index >= 15 is 4.39 Å². The molecule has 0 unspecified atom stereocenters. The van der Waals surface area contributed by atoms with Crippen LogP contribution in [-0.4, -0.2) is 31.5 Å². The van der Waals surface area contributed by atoms with E-state index in [2.05, 4.69) is 25.4 Å². The van der Waals surface area contributed by atoms with Gasteiger partial charge in [0.05, 0.1) is 11.2 Å². The molecule has 0 saturated heterocycles. The van der Waals surface area contributed by atoms with Gasteiger partial charge in [-0.3, -0.25) is 10.3 Å². The van der Waals surface area contributed by atoms with Gasteiger partial charge in [0.1, 0.15) is 23.7 Å². The number of hydrogen-bond acceptors (Lipinski definition) is 7. The molecule has 11 heteroatoms. The van der Waals surface area contributed by atoms with Crippen molar-refractivity contribution in [2.45, 2.75) is 38.0 Å². The van der Waals surface area contributed by atoms with E-state index in [1.165, 1.54) is 36.5 Å². The number of thioether (sulfide) groups is 1. The number of carbonyl (C=O) groups is 1. The van der Waals surface area contributed by atoms with Crippen LogP contribution in [0.15, 0.2) is 40.4 Å². The smallest absolute Gasteiger partial charge is 0.410 e. The predicted octanol–water partition coefficient (Wildman–Crippen LogP) is 4.74. The summed E-state index contributed by atoms with van der Waals surface area (Å²) in [6, 6.07) is 2.18. The summed E-state index contributed by atoms with van der Waals surface area (Å²) >= 11 is 1.19. The van der Waals surface area contributed by atoms with Gasteiger partial charge in [-0.2, -0.15) is 0 Å². The Bertz CT molecular complexity index is 1200. The SMILES string of the molecule is Cc1noc(C)c1[C@@H]1C[C@@](C)(c2cc(-c3cncnc3)c(F)cc2F)N=C(NC(=O)O)S1. The summed E-state index contributed by atoms with van der Waals surface area (Å²) in [5.41, 5.74) is 0.875. The quantitative estimate of drug-likeness (QED) is 0.581. The maximum absolute atomic E-state index is 15.1. The Labute approximate surface area is 186 Å². The highest BCUT2D eigenvalue weighted by molar-refractivity contribution is 8.14. The van der Waals surface area contributed by atoms with Crippen LogP contribution >= 0.6 is 11.8 Å². The van der Waals surface area contributed by atoms with Crippen LogP contribution in [0.4, 0.5) is 13.6 Å². The van der Waals surface area contributed by atoms with Gasteiger partial charge in [-0.05, 0) is 33.3 Å². The first-order valence-corrected chi connectivity index (χ1v) is 10.5.